The van der Waals surface area contributed by atoms with Crippen LogP contribution in [0.4, 0.5) is 5.69 Å². The molecule has 0 fully saturated rings. The molecule has 6 heteroatoms. The van der Waals surface area contributed by atoms with Crippen molar-refractivity contribution in [3.8, 4) is 0 Å². The number of carbonyl (C=O) groups is 2. The van der Waals surface area contributed by atoms with E-state index in [9.17, 15) is 9.59 Å². The molecule has 1 aromatic heterocycles. The van der Waals surface area contributed by atoms with Crippen molar-refractivity contribution in [2.45, 2.75) is 0 Å². The molecule has 0 unspecified atom stereocenters. The van der Waals surface area contributed by atoms with Gasteiger partial charge in [0, 0.05) is 11.8 Å². The predicted molar refractivity (Wildman–Crippen MR) is 70.6 cm³/mol. The molecular formula is C13H9ClN2O3. The lowest BCUT2D eigenvalue weighted by molar-refractivity contribution is 0.0692. The lowest BCUT2D eigenvalue weighted by Gasteiger charge is -2.08. The third kappa shape index (κ3) is 3.08. The van der Waals surface area contributed by atoms with Crippen LogP contribution in [0.2, 0.25) is 5.02 Å². The number of hydrogen-bond acceptors (Lipinski definition) is 3. The van der Waals surface area contributed by atoms with E-state index in [1.165, 1.54) is 12.3 Å². The molecule has 19 heavy (non-hydrogen) atoms. The van der Waals surface area contributed by atoms with Crippen LogP contribution in [0.15, 0.2) is 42.6 Å². The summed E-state index contributed by atoms with van der Waals surface area (Å²) in [5.41, 5.74) is 0.223. The Hall–Kier alpha value is -2.40. The van der Waals surface area contributed by atoms with E-state index in [-0.39, 0.29) is 16.4 Å². The molecule has 0 aliphatic rings. The molecule has 0 radical (unpaired) electrons. The number of carboxylic acids is 1. The van der Waals surface area contributed by atoms with Crippen LogP contribution in [-0.4, -0.2) is 22.0 Å². The van der Waals surface area contributed by atoms with Gasteiger partial charge < -0.3 is 10.4 Å². The molecule has 0 bridgehead atoms. The molecule has 0 atom stereocenters. The van der Waals surface area contributed by atoms with E-state index in [0.717, 1.165) is 0 Å². The van der Waals surface area contributed by atoms with Gasteiger partial charge in [-0.05, 0) is 18.2 Å². The number of carbonyl (C=O) groups excluding carboxylic acids is 1. The number of nitrogens with zero attached hydrogens (tertiary/aromatic N) is 1. The van der Waals surface area contributed by atoms with Gasteiger partial charge in [-0.25, -0.2) is 9.78 Å². The molecule has 0 saturated heterocycles. The van der Waals surface area contributed by atoms with Crippen molar-refractivity contribution in [1.29, 1.82) is 0 Å². The zero-order valence-electron chi connectivity index (χ0n) is 9.63. The van der Waals surface area contributed by atoms with Crippen LogP contribution in [-0.2, 0) is 0 Å². The number of rotatable bonds is 3. The fourth-order valence-corrected chi connectivity index (χ4v) is 1.65. The van der Waals surface area contributed by atoms with Crippen LogP contribution >= 0.6 is 11.6 Å². The zero-order valence-corrected chi connectivity index (χ0v) is 10.4. The summed E-state index contributed by atoms with van der Waals surface area (Å²) in [7, 11) is 0. The van der Waals surface area contributed by atoms with Gasteiger partial charge in [-0.3, -0.25) is 4.79 Å². The lowest BCUT2D eigenvalue weighted by Crippen LogP contribution is -2.15. The summed E-state index contributed by atoms with van der Waals surface area (Å²) in [6.07, 6.45) is 1.21. The largest absolute Gasteiger partial charge is 0.476 e. The van der Waals surface area contributed by atoms with E-state index in [1.807, 2.05) is 0 Å². The molecule has 1 heterocycles. The lowest BCUT2D eigenvalue weighted by atomic mass is 10.2. The second kappa shape index (κ2) is 5.49. The van der Waals surface area contributed by atoms with Crippen LogP contribution in [0.1, 0.15) is 20.8 Å². The van der Waals surface area contributed by atoms with Gasteiger partial charge in [-0.2, -0.15) is 0 Å². The smallest absolute Gasteiger partial charge is 0.356 e. The first-order valence-corrected chi connectivity index (χ1v) is 5.71. The number of benzene rings is 1. The Morgan fingerprint density at radius 1 is 1.21 bits per heavy atom. The van der Waals surface area contributed by atoms with Crippen LogP contribution in [0, 0.1) is 0 Å². The Bertz CT molecular complexity index is 629. The molecule has 96 valence electrons. The zero-order chi connectivity index (χ0) is 13.8. The molecule has 2 N–H and O–H groups in total. The normalized spacial score (nSPS) is 9.95. The number of aromatic nitrogens is 1. The Balaban J connectivity index is 2.31. The van der Waals surface area contributed by atoms with E-state index in [4.69, 9.17) is 16.7 Å². The molecule has 0 aliphatic carbocycles. The summed E-state index contributed by atoms with van der Waals surface area (Å²) in [6.45, 7) is 0. The van der Waals surface area contributed by atoms with Crippen molar-refractivity contribution in [1.82, 2.24) is 4.98 Å². The molecule has 5 nitrogen and oxygen atoms in total. The first-order valence-electron chi connectivity index (χ1n) is 5.33. The highest BCUT2D eigenvalue weighted by Gasteiger charge is 2.15. The molecule has 0 saturated carbocycles. The van der Waals surface area contributed by atoms with Crippen molar-refractivity contribution in [3.05, 3.63) is 58.9 Å². The molecule has 2 rings (SSSR count). The predicted octanol–water partition coefficient (Wildman–Crippen LogP) is 2.69. The summed E-state index contributed by atoms with van der Waals surface area (Å²) in [5.74, 6) is -1.66. The Morgan fingerprint density at radius 3 is 2.53 bits per heavy atom. The Kier molecular flexibility index (Phi) is 3.77. The molecule has 1 aromatic carbocycles. The minimum Gasteiger partial charge on any atom is -0.476 e. The van der Waals surface area contributed by atoms with Crippen molar-refractivity contribution < 1.29 is 14.7 Å². The molecule has 0 aliphatic heterocycles. The standard InChI is InChI=1S/C13H9ClN2O3/c14-9-6-10(11(13(18)19)15-7-9)16-12(17)8-4-2-1-3-5-8/h1-7H,(H,16,17)(H,18,19). The van der Waals surface area contributed by atoms with Gasteiger partial charge in [0.15, 0.2) is 5.69 Å². The molecule has 0 spiro atoms. The maximum atomic E-state index is 11.9. The summed E-state index contributed by atoms with van der Waals surface area (Å²) < 4.78 is 0. The van der Waals surface area contributed by atoms with Crippen molar-refractivity contribution in [3.63, 3.8) is 0 Å². The minimum absolute atomic E-state index is 0.0638. The summed E-state index contributed by atoms with van der Waals surface area (Å²) in [4.78, 5) is 26.6. The average molecular weight is 277 g/mol. The molecular weight excluding hydrogens is 268 g/mol. The van der Waals surface area contributed by atoms with Crippen molar-refractivity contribution in [2.24, 2.45) is 0 Å². The van der Waals surface area contributed by atoms with Crippen LogP contribution in [0.5, 0.6) is 0 Å². The van der Waals surface area contributed by atoms with E-state index in [0.29, 0.717) is 5.56 Å². The first kappa shape index (κ1) is 13.0. The van der Waals surface area contributed by atoms with Gasteiger partial charge in [-0.1, -0.05) is 29.8 Å². The van der Waals surface area contributed by atoms with Crippen LogP contribution in [0.25, 0.3) is 0 Å². The third-order valence-electron chi connectivity index (χ3n) is 2.34. The monoisotopic (exact) mass is 276 g/mol. The Labute approximate surface area is 113 Å². The van der Waals surface area contributed by atoms with Gasteiger partial charge in [0.25, 0.3) is 5.91 Å². The van der Waals surface area contributed by atoms with Gasteiger partial charge in [-0.15, -0.1) is 0 Å². The van der Waals surface area contributed by atoms with Gasteiger partial charge >= 0.3 is 5.97 Å². The van der Waals surface area contributed by atoms with Gasteiger partial charge in [0.2, 0.25) is 0 Å². The van der Waals surface area contributed by atoms with E-state index < -0.39 is 11.9 Å². The van der Waals surface area contributed by atoms with Crippen LogP contribution in [0.3, 0.4) is 0 Å². The van der Waals surface area contributed by atoms with E-state index in [1.54, 1.807) is 30.3 Å². The van der Waals surface area contributed by atoms with Crippen molar-refractivity contribution in [2.75, 3.05) is 5.32 Å². The number of pyridine rings is 1. The molecule has 1 amide bonds. The maximum absolute atomic E-state index is 11.9. The summed E-state index contributed by atoms with van der Waals surface area (Å²) in [5, 5.41) is 11.7. The van der Waals surface area contributed by atoms with Crippen molar-refractivity contribution >= 4 is 29.2 Å². The topological polar surface area (TPSA) is 79.3 Å². The number of amides is 1. The number of nitrogens with one attached hydrogen (secondary N) is 1. The Morgan fingerprint density at radius 2 is 1.89 bits per heavy atom. The van der Waals surface area contributed by atoms with Gasteiger partial charge in [0.1, 0.15) is 0 Å². The maximum Gasteiger partial charge on any atom is 0.356 e. The summed E-state index contributed by atoms with van der Waals surface area (Å²) >= 11 is 5.74. The number of hydrogen-bond donors (Lipinski definition) is 2. The molecule has 2 aromatic rings. The second-order valence-electron chi connectivity index (χ2n) is 3.68. The number of carboxylic acid groups (broad SMARTS) is 1. The number of aromatic carboxylic acids is 1. The fraction of sp³-hybridized carbons (Fsp3) is 0. The van der Waals surface area contributed by atoms with Crippen LogP contribution < -0.4 is 5.32 Å². The quantitative estimate of drug-likeness (QED) is 0.903. The number of halogens is 1. The number of anilines is 1. The highest BCUT2D eigenvalue weighted by atomic mass is 35.5. The highest BCUT2D eigenvalue weighted by Crippen LogP contribution is 2.19. The summed E-state index contributed by atoms with van der Waals surface area (Å²) in [6, 6.07) is 9.78. The van der Waals surface area contributed by atoms with E-state index in [2.05, 4.69) is 10.3 Å². The second-order valence-corrected chi connectivity index (χ2v) is 4.11. The fourth-order valence-electron chi connectivity index (χ4n) is 1.49. The SMILES string of the molecule is O=C(Nc1cc(Cl)cnc1C(=O)O)c1ccccc1. The van der Waals surface area contributed by atoms with E-state index >= 15 is 0 Å². The highest BCUT2D eigenvalue weighted by molar-refractivity contribution is 6.31. The third-order valence-corrected chi connectivity index (χ3v) is 2.55. The van der Waals surface area contributed by atoms with Gasteiger partial charge in [0.05, 0.1) is 10.7 Å². The average Bonchev–Trinajstić information content (AvgIpc) is 2.39. The first-order chi connectivity index (χ1) is 9.08. The minimum atomic E-state index is -1.24.